The summed E-state index contributed by atoms with van der Waals surface area (Å²) in [7, 11) is 0. The Balaban J connectivity index is 2.29. The van der Waals surface area contributed by atoms with Gasteiger partial charge in [0, 0.05) is 6.61 Å². The molecule has 0 spiro atoms. The average Bonchev–Trinajstić information content (AvgIpc) is 2.84. The normalized spacial score (nSPS) is 20.7. The van der Waals surface area contributed by atoms with Crippen molar-refractivity contribution in [1.82, 2.24) is 9.55 Å². The quantitative estimate of drug-likeness (QED) is 0.829. The van der Waals surface area contributed by atoms with Crippen LogP contribution in [0.15, 0.2) is 23.0 Å². The number of para-hydroxylation sites is 1. The van der Waals surface area contributed by atoms with Gasteiger partial charge in [-0.25, -0.2) is 4.79 Å². The summed E-state index contributed by atoms with van der Waals surface area (Å²) in [4.78, 5) is 14.6. The van der Waals surface area contributed by atoms with E-state index in [1.165, 1.54) is 0 Å². The summed E-state index contributed by atoms with van der Waals surface area (Å²) >= 11 is 6.12. The molecule has 0 saturated carbocycles. The Kier molecular flexibility index (Phi) is 2.26. The maximum atomic E-state index is 11.8. The molecule has 1 aromatic carbocycles. The third kappa shape index (κ3) is 1.37. The van der Waals surface area contributed by atoms with Crippen LogP contribution in [0, 0.1) is 0 Å². The summed E-state index contributed by atoms with van der Waals surface area (Å²) in [5.41, 5.74) is 1.34. The van der Waals surface area contributed by atoms with E-state index in [1.807, 2.05) is 12.1 Å². The molecule has 16 heavy (non-hydrogen) atoms. The Bertz CT molecular complexity index is 581. The maximum Gasteiger partial charge on any atom is 0.328 e. The van der Waals surface area contributed by atoms with E-state index < -0.39 is 0 Å². The molecule has 0 amide bonds. The standard InChI is InChI=1S/C11H11ClN2O2/c12-7-3-1-4-8-10(7)14(11(15)13-8)9-5-2-6-16-9/h1,3-4,9H,2,5-6H2,(H,13,15). The molecule has 1 saturated heterocycles. The molecule has 2 heterocycles. The van der Waals surface area contributed by atoms with E-state index in [9.17, 15) is 4.79 Å². The number of hydrogen-bond acceptors (Lipinski definition) is 2. The highest BCUT2D eigenvalue weighted by Crippen LogP contribution is 2.28. The average molecular weight is 239 g/mol. The van der Waals surface area contributed by atoms with Crippen LogP contribution in [-0.4, -0.2) is 16.2 Å². The molecule has 3 rings (SSSR count). The molecule has 1 unspecified atom stereocenters. The Hall–Kier alpha value is -1.26. The second kappa shape index (κ2) is 3.64. The fourth-order valence-corrected chi connectivity index (χ4v) is 2.44. The topological polar surface area (TPSA) is 47.0 Å². The molecule has 1 aliphatic heterocycles. The zero-order valence-corrected chi connectivity index (χ0v) is 9.33. The van der Waals surface area contributed by atoms with E-state index in [4.69, 9.17) is 16.3 Å². The van der Waals surface area contributed by atoms with Crippen LogP contribution in [0.5, 0.6) is 0 Å². The van der Waals surface area contributed by atoms with E-state index in [0.29, 0.717) is 11.6 Å². The number of aromatic amines is 1. The zero-order chi connectivity index (χ0) is 11.1. The van der Waals surface area contributed by atoms with Crippen LogP contribution >= 0.6 is 11.6 Å². The fraction of sp³-hybridized carbons (Fsp3) is 0.364. The monoisotopic (exact) mass is 238 g/mol. The van der Waals surface area contributed by atoms with Crippen molar-refractivity contribution < 1.29 is 4.74 Å². The van der Waals surface area contributed by atoms with Crippen LogP contribution in [-0.2, 0) is 4.74 Å². The molecule has 1 atom stereocenters. The molecule has 1 fully saturated rings. The molecule has 5 heteroatoms. The number of nitrogens with zero attached hydrogens (tertiary/aromatic N) is 1. The second-order valence-corrected chi connectivity index (χ2v) is 4.31. The minimum absolute atomic E-state index is 0.157. The van der Waals surface area contributed by atoms with E-state index in [1.54, 1.807) is 10.6 Å². The molecule has 0 radical (unpaired) electrons. The number of fused-ring (bicyclic) bond motifs is 1. The van der Waals surface area contributed by atoms with Gasteiger partial charge in [-0.05, 0) is 25.0 Å². The van der Waals surface area contributed by atoms with Crippen molar-refractivity contribution in [2.24, 2.45) is 0 Å². The van der Waals surface area contributed by atoms with Crippen molar-refractivity contribution in [2.75, 3.05) is 6.61 Å². The zero-order valence-electron chi connectivity index (χ0n) is 8.57. The maximum absolute atomic E-state index is 11.8. The summed E-state index contributed by atoms with van der Waals surface area (Å²) in [5.74, 6) is 0. The van der Waals surface area contributed by atoms with Crippen molar-refractivity contribution >= 4 is 22.6 Å². The van der Waals surface area contributed by atoms with Crippen molar-refractivity contribution in [2.45, 2.75) is 19.1 Å². The lowest BCUT2D eigenvalue weighted by Crippen LogP contribution is -2.21. The lowest BCUT2D eigenvalue weighted by molar-refractivity contribution is 0.0573. The van der Waals surface area contributed by atoms with Gasteiger partial charge in [0.15, 0.2) is 0 Å². The lowest BCUT2D eigenvalue weighted by Gasteiger charge is -2.11. The number of H-pyrrole nitrogens is 1. The highest BCUT2D eigenvalue weighted by Gasteiger charge is 2.22. The summed E-state index contributed by atoms with van der Waals surface area (Å²) in [6.07, 6.45) is 1.66. The first-order valence-electron chi connectivity index (χ1n) is 5.28. The first kappa shape index (κ1) is 9.93. The van der Waals surface area contributed by atoms with Crippen LogP contribution in [0.3, 0.4) is 0 Å². The summed E-state index contributed by atoms with van der Waals surface area (Å²) < 4.78 is 7.14. The molecule has 0 aliphatic carbocycles. The minimum atomic E-state index is -0.179. The highest BCUT2D eigenvalue weighted by atomic mass is 35.5. The molecular weight excluding hydrogens is 228 g/mol. The van der Waals surface area contributed by atoms with Gasteiger partial charge in [-0.2, -0.15) is 0 Å². The Morgan fingerprint density at radius 3 is 3.12 bits per heavy atom. The molecule has 2 aromatic rings. The van der Waals surface area contributed by atoms with Gasteiger partial charge in [-0.3, -0.25) is 4.57 Å². The first-order valence-corrected chi connectivity index (χ1v) is 5.65. The molecule has 1 aliphatic rings. The molecular formula is C11H11ClN2O2. The van der Waals surface area contributed by atoms with Gasteiger partial charge in [0.05, 0.1) is 16.1 Å². The number of imidazole rings is 1. The summed E-state index contributed by atoms with van der Waals surface area (Å²) in [5, 5.41) is 0.575. The van der Waals surface area contributed by atoms with E-state index >= 15 is 0 Å². The third-order valence-corrected chi connectivity index (χ3v) is 3.19. The van der Waals surface area contributed by atoms with Gasteiger partial charge < -0.3 is 9.72 Å². The molecule has 1 aromatic heterocycles. The van der Waals surface area contributed by atoms with Gasteiger partial charge in [-0.15, -0.1) is 0 Å². The smallest absolute Gasteiger partial charge is 0.328 e. The van der Waals surface area contributed by atoms with Gasteiger partial charge in [0.1, 0.15) is 6.23 Å². The van der Waals surface area contributed by atoms with E-state index in [0.717, 1.165) is 23.9 Å². The van der Waals surface area contributed by atoms with Gasteiger partial charge in [0.2, 0.25) is 0 Å². The first-order chi connectivity index (χ1) is 7.77. The predicted molar refractivity (Wildman–Crippen MR) is 61.8 cm³/mol. The van der Waals surface area contributed by atoms with Gasteiger partial charge >= 0.3 is 5.69 Å². The molecule has 4 nitrogen and oxygen atoms in total. The SMILES string of the molecule is O=c1[nH]c2cccc(Cl)c2n1C1CCCO1. The van der Waals surface area contributed by atoms with Crippen LogP contribution in [0.2, 0.25) is 5.02 Å². The number of ether oxygens (including phenoxy) is 1. The van der Waals surface area contributed by atoms with Crippen LogP contribution < -0.4 is 5.69 Å². The second-order valence-electron chi connectivity index (χ2n) is 3.90. The molecule has 1 N–H and O–H groups in total. The fourth-order valence-electron chi connectivity index (χ4n) is 2.18. The number of benzene rings is 1. The Morgan fingerprint density at radius 2 is 2.38 bits per heavy atom. The molecule has 84 valence electrons. The van der Waals surface area contributed by atoms with E-state index in [-0.39, 0.29) is 11.9 Å². The lowest BCUT2D eigenvalue weighted by atomic mass is 10.3. The van der Waals surface area contributed by atoms with Crippen LogP contribution in [0.25, 0.3) is 11.0 Å². The Labute approximate surface area is 96.8 Å². The number of nitrogens with one attached hydrogen (secondary N) is 1. The number of hydrogen-bond donors (Lipinski definition) is 1. The van der Waals surface area contributed by atoms with Gasteiger partial charge in [0.25, 0.3) is 0 Å². The number of aromatic nitrogens is 2. The van der Waals surface area contributed by atoms with Crippen molar-refractivity contribution in [3.8, 4) is 0 Å². The third-order valence-electron chi connectivity index (χ3n) is 2.88. The predicted octanol–water partition coefficient (Wildman–Crippen LogP) is 2.29. The molecule has 0 bridgehead atoms. The highest BCUT2D eigenvalue weighted by molar-refractivity contribution is 6.34. The van der Waals surface area contributed by atoms with E-state index in [2.05, 4.69) is 4.98 Å². The van der Waals surface area contributed by atoms with Gasteiger partial charge in [-0.1, -0.05) is 17.7 Å². The number of halogens is 1. The van der Waals surface area contributed by atoms with Crippen molar-refractivity contribution in [3.63, 3.8) is 0 Å². The Morgan fingerprint density at radius 1 is 1.50 bits per heavy atom. The van der Waals surface area contributed by atoms with Crippen molar-refractivity contribution in [1.29, 1.82) is 0 Å². The van der Waals surface area contributed by atoms with Crippen LogP contribution in [0.4, 0.5) is 0 Å². The van der Waals surface area contributed by atoms with Crippen molar-refractivity contribution in [3.05, 3.63) is 33.7 Å². The summed E-state index contributed by atoms with van der Waals surface area (Å²) in [6, 6.07) is 5.44. The number of rotatable bonds is 1. The summed E-state index contributed by atoms with van der Waals surface area (Å²) in [6.45, 7) is 0.703. The van der Waals surface area contributed by atoms with Crippen LogP contribution in [0.1, 0.15) is 19.1 Å². The minimum Gasteiger partial charge on any atom is -0.358 e. The largest absolute Gasteiger partial charge is 0.358 e.